The van der Waals surface area contributed by atoms with Crippen LogP contribution < -0.4 is 5.32 Å². The van der Waals surface area contributed by atoms with Gasteiger partial charge in [-0.1, -0.05) is 0 Å². The zero-order valence-corrected chi connectivity index (χ0v) is 12.2. The van der Waals surface area contributed by atoms with E-state index in [1.54, 1.807) is 0 Å². The second-order valence-corrected chi connectivity index (χ2v) is 6.50. The molecule has 1 fully saturated rings. The first kappa shape index (κ1) is 13.1. The summed E-state index contributed by atoms with van der Waals surface area (Å²) in [4.78, 5) is 18.0. The molecule has 1 unspecified atom stereocenters. The summed E-state index contributed by atoms with van der Waals surface area (Å²) in [6.07, 6.45) is 2.17. The molecule has 1 atom stereocenters. The van der Waals surface area contributed by atoms with Gasteiger partial charge in [-0.3, -0.25) is 9.69 Å². The number of carbonyl (C=O) groups excluding carboxylic acids is 1. The van der Waals surface area contributed by atoms with Crippen LogP contribution in [-0.4, -0.2) is 55.0 Å². The summed E-state index contributed by atoms with van der Waals surface area (Å²) in [5.41, 5.74) is 1.34. The largest absolute Gasteiger partial charge is 0.337 e. The molecule has 2 aliphatic heterocycles. The Morgan fingerprint density at radius 2 is 2.53 bits per heavy atom. The van der Waals surface area contributed by atoms with Crippen molar-refractivity contribution in [1.82, 2.24) is 15.1 Å². The van der Waals surface area contributed by atoms with E-state index in [1.165, 1.54) is 10.4 Å². The van der Waals surface area contributed by atoms with Gasteiger partial charge in [0.1, 0.15) is 0 Å². The summed E-state index contributed by atoms with van der Waals surface area (Å²) in [5.74, 6) is 0.270. The number of amides is 1. The molecule has 0 aliphatic carbocycles. The van der Waals surface area contributed by atoms with Crippen molar-refractivity contribution in [3.8, 4) is 0 Å². The van der Waals surface area contributed by atoms with Gasteiger partial charge in [-0.2, -0.15) is 0 Å². The monoisotopic (exact) mass is 279 g/mol. The van der Waals surface area contributed by atoms with Gasteiger partial charge in [-0.05, 0) is 43.4 Å². The molecule has 104 valence electrons. The molecular formula is C14H21N3OS. The van der Waals surface area contributed by atoms with E-state index in [0.717, 1.165) is 39.0 Å². The number of thiophene rings is 1. The van der Waals surface area contributed by atoms with Gasteiger partial charge in [-0.25, -0.2) is 0 Å². The minimum Gasteiger partial charge on any atom is -0.337 e. The highest BCUT2D eigenvalue weighted by atomic mass is 32.1. The van der Waals surface area contributed by atoms with E-state index >= 15 is 0 Å². The summed E-state index contributed by atoms with van der Waals surface area (Å²) < 4.78 is 0. The van der Waals surface area contributed by atoms with Crippen molar-refractivity contribution in [2.45, 2.75) is 25.4 Å². The normalized spacial score (nSPS) is 22.8. The maximum Gasteiger partial charge on any atom is 0.237 e. The van der Waals surface area contributed by atoms with Crippen molar-refractivity contribution in [2.24, 2.45) is 0 Å². The molecule has 1 saturated heterocycles. The van der Waals surface area contributed by atoms with Crippen LogP contribution in [0, 0.1) is 0 Å². The predicted octanol–water partition coefficient (Wildman–Crippen LogP) is 0.926. The molecule has 19 heavy (non-hydrogen) atoms. The maximum absolute atomic E-state index is 12.4. The summed E-state index contributed by atoms with van der Waals surface area (Å²) in [6.45, 7) is 4.31. The minimum absolute atomic E-state index is 0.270. The van der Waals surface area contributed by atoms with E-state index in [2.05, 4.69) is 28.7 Å². The molecule has 1 N–H and O–H groups in total. The quantitative estimate of drug-likeness (QED) is 0.894. The number of nitrogens with one attached hydrogen (secondary N) is 1. The fourth-order valence-corrected chi connectivity index (χ4v) is 3.81. The smallest absolute Gasteiger partial charge is 0.237 e. The lowest BCUT2D eigenvalue weighted by Gasteiger charge is -2.30. The molecular weight excluding hydrogens is 258 g/mol. The Hall–Kier alpha value is -0.910. The number of hydrogen-bond donors (Lipinski definition) is 1. The third kappa shape index (κ3) is 2.83. The van der Waals surface area contributed by atoms with Crippen molar-refractivity contribution in [3.05, 3.63) is 21.9 Å². The summed E-state index contributed by atoms with van der Waals surface area (Å²) in [5, 5.41) is 5.48. The van der Waals surface area contributed by atoms with Gasteiger partial charge in [0.05, 0.1) is 6.54 Å². The van der Waals surface area contributed by atoms with Gasteiger partial charge in [0, 0.05) is 30.6 Å². The van der Waals surface area contributed by atoms with Gasteiger partial charge in [0.2, 0.25) is 5.91 Å². The number of rotatable bonds is 3. The van der Waals surface area contributed by atoms with Crippen LogP contribution in [0.2, 0.25) is 0 Å². The highest BCUT2D eigenvalue weighted by molar-refractivity contribution is 7.10. The molecule has 0 spiro atoms. The fraction of sp³-hybridized carbons (Fsp3) is 0.643. The number of fused-ring (bicyclic) bond motifs is 1. The summed E-state index contributed by atoms with van der Waals surface area (Å²) in [6, 6.07) is 2.68. The maximum atomic E-state index is 12.4. The lowest BCUT2D eigenvalue weighted by atomic mass is 10.1. The van der Waals surface area contributed by atoms with Gasteiger partial charge >= 0.3 is 0 Å². The molecule has 3 rings (SSSR count). The van der Waals surface area contributed by atoms with Crippen LogP contribution in [0.25, 0.3) is 0 Å². The van der Waals surface area contributed by atoms with E-state index in [1.807, 2.05) is 16.2 Å². The standard InChI is InChI=1S/C14H21N3OS/c1-16(12-2-5-15-8-12)10-14(18)17-6-3-13-11(9-17)4-7-19-13/h4,7,12,15H,2-3,5-6,8-10H2,1H3. The summed E-state index contributed by atoms with van der Waals surface area (Å²) in [7, 11) is 2.07. The minimum atomic E-state index is 0.270. The topological polar surface area (TPSA) is 35.6 Å². The molecule has 1 aromatic heterocycles. The Morgan fingerprint density at radius 3 is 3.32 bits per heavy atom. The molecule has 0 bridgehead atoms. The molecule has 2 aliphatic rings. The average Bonchev–Trinajstić information content (AvgIpc) is 3.09. The number of likely N-dealkylation sites (N-methyl/N-ethyl adjacent to an activating group) is 1. The van der Waals surface area contributed by atoms with Crippen molar-refractivity contribution < 1.29 is 4.79 Å². The Labute approximate surface area is 118 Å². The molecule has 0 radical (unpaired) electrons. The van der Waals surface area contributed by atoms with Crippen LogP contribution in [0.1, 0.15) is 16.9 Å². The molecule has 4 nitrogen and oxygen atoms in total. The first-order valence-electron chi connectivity index (χ1n) is 6.98. The van der Waals surface area contributed by atoms with Crippen LogP contribution in [0.4, 0.5) is 0 Å². The van der Waals surface area contributed by atoms with Crippen molar-refractivity contribution >= 4 is 17.2 Å². The zero-order valence-electron chi connectivity index (χ0n) is 11.4. The van der Waals surface area contributed by atoms with Crippen molar-refractivity contribution in [2.75, 3.05) is 33.2 Å². The fourth-order valence-electron chi connectivity index (χ4n) is 2.92. The second-order valence-electron chi connectivity index (χ2n) is 5.50. The van der Waals surface area contributed by atoms with Gasteiger partial charge in [0.25, 0.3) is 0 Å². The van der Waals surface area contributed by atoms with Gasteiger partial charge in [-0.15, -0.1) is 11.3 Å². The zero-order chi connectivity index (χ0) is 13.2. The van der Waals surface area contributed by atoms with Crippen LogP contribution in [0.3, 0.4) is 0 Å². The Morgan fingerprint density at radius 1 is 1.63 bits per heavy atom. The third-order valence-corrected chi connectivity index (χ3v) is 5.23. The average molecular weight is 279 g/mol. The molecule has 0 saturated carbocycles. The van der Waals surface area contributed by atoms with Crippen molar-refractivity contribution in [1.29, 1.82) is 0 Å². The van der Waals surface area contributed by atoms with E-state index in [4.69, 9.17) is 0 Å². The Kier molecular flexibility index (Phi) is 3.86. The second kappa shape index (κ2) is 5.61. The lowest BCUT2D eigenvalue weighted by Crippen LogP contribution is -2.44. The number of carbonyl (C=O) groups is 1. The van der Waals surface area contributed by atoms with Crippen molar-refractivity contribution in [3.63, 3.8) is 0 Å². The first-order valence-corrected chi connectivity index (χ1v) is 7.86. The Bertz CT molecular complexity index is 453. The highest BCUT2D eigenvalue weighted by Gasteiger charge is 2.25. The molecule has 1 aromatic rings. The van der Waals surface area contributed by atoms with Gasteiger partial charge < -0.3 is 10.2 Å². The first-order chi connectivity index (χ1) is 9.24. The van der Waals surface area contributed by atoms with E-state index in [-0.39, 0.29) is 5.91 Å². The Balaban J connectivity index is 1.56. The van der Waals surface area contributed by atoms with Crippen LogP contribution in [0.5, 0.6) is 0 Å². The van der Waals surface area contributed by atoms with E-state index in [0.29, 0.717) is 12.6 Å². The molecule has 0 aromatic carbocycles. The third-order valence-electron chi connectivity index (χ3n) is 4.20. The lowest BCUT2D eigenvalue weighted by molar-refractivity contribution is -0.133. The number of nitrogens with zero attached hydrogens (tertiary/aromatic N) is 2. The van der Waals surface area contributed by atoms with E-state index in [9.17, 15) is 4.79 Å². The molecule has 3 heterocycles. The van der Waals surface area contributed by atoms with Crippen LogP contribution in [-0.2, 0) is 17.8 Å². The number of hydrogen-bond acceptors (Lipinski definition) is 4. The predicted molar refractivity (Wildman–Crippen MR) is 77.3 cm³/mol. The highest BCUT2D eigenvalue weighted by Crippen LogP contribution is 2.24. The SMILES string of the molecule is CN(CC(=O)N1CCc2sccc2C1)C1CCNC1. The summed E-state index contributed by atoms with van der Waals surface area (Å²) >= 11 is 1.82. The molecule has 1 amide bonds. The van der Waals surface area contributed by atoms with E-state index < -0.39 is 0 Å². The van der Waals surface area contributed by atoms with Crippen LogP contribution in [0.15, 0.2) is 11.4 Å². The molecule has 5 heteroatoms. The van der Waals surface area contributed by atoms with Gasteiger partial charge in [0.15, 0.2) is 0 Å². The van der Waals surface area contributed by atoms with Crippen LogP contribution >= 0.6 is 11.3 Å².